The maximum atomic E-state index is 12.6. The van der Waals surface area contributed by atoms with Gasteiger partial charge in [-0.05, 0) is 30.2 Å². The molecule has 0 radical (unpaired) electrons. The number of hydrogen-bond donors (Lipinski definition) is 3. The first-order chi connectivity index (χ1) is 11.3. The van der Waals surface area contributed by atoms with Gasteiger partial charge in [-0.1, -0.05) is 13.8 Å². The molecule has 0 spiro atoms. The number of carbonyl (C=O) groups excluding carboxylic acids is 2. The van der Waals surface area contributed by atoms with Gasteiger partial charge >= 0.3 is 5.97 Å². The lowest BCUT2D eigenvalue weighted by Gasteiger charge is -2.23. The monoisotopic (exact) mass is 340 g/mol. The lowest BCUT2D eigenvalue weighted by molar-refractivity contribution is -0.142. The first kappa shape index (κ1) is 19.4. The Morgan fingerprint density at radius 2 is 1.75 bits per heavy atom. The second kappa shape index (κ2) is 8.85. The molecule has 7 nitrogen and oxygen atoms in total. The Morgan fingerprint density at radius 1 is 1.17 bits per heavy atom. The number of hydrogen-bond acceptors (Lipinski definition) is 4. The number of carboxylic acid groups (broad SMARTS) is 1. The molecule has 3 N–H and O–H groups in total. The smallest absolute Gasteiger partial charge is 0.328 e. The van der Waals surface area contributed by atoms with Crippen LogP contribution in [0.3, 0.4) is 0 Å². The van der Waals surface area contributed by atoms with Crippen molar-refractivity contribution in [3.05, 3.63) is 29.8 Å². The van der Waals surface area contributed by atoms with Gasteiger partial charge in [0.25, 0.3) is 5.91 Å². The third-order valence-corrected chi connectivity index (χ3v) is 3.36. The first-order valence-corrected chi connectivity index (χ1v) is 7.34. The van der Waals surface area contributed by atoms with Gasteiger partial charge in [0.05, 0.1) is 7.11 Å². The molecule has 2 atom stereocenters. The van der Waals surface area contributed by atoms with Crippen LogP contribution in [0.25, 0.3) is 0 Å². The zero-order valence-corrected chi connectivity index (χ0v) is 13.7. The van der Waals surface area contributed by atoms with Crippen LogP contribution in [0.15, 0.2) is 24.3 Å². The summed E-state index contributed by atoms with van der Waals surface area (Å²) in [4.78, 5) is 35.2. The summed E-state index contributed by atoms with van der Waals surface area (Å²) in [5.74, 6) is -2.47. The molecule has 24 heavy (non-hydrogen) atoms. The average Bonchev–Trinajstić information content (AvgIpc) is 2.56. The van der Waals surface area contributed by atoms with E-state index in [0.717, 1.165) is 0 Å². The van der Waals surface area contributed by atoms with Gasteiger partial charge in [-0.15, -0.1) is 0 Å². The van der Waals surface area contributed by atoms with Gasteiger partial charge in [0.2, 0.25) is 5.91 Å². The highest BCUT2D eigenvalue weighted by Gasteiger charge is 2.28. The average molecular weight is 340 g/mol. The molecule has 1 aromatic rings. The third-order valence-electron chi connectivity index (χ3n) is 3.36. The van der Waals surface area contributed by atoms with Crippen LogP contribution in [0.4, 0.5) is 4.39 Å². The van der Waals surface area contributed by atoms with E-state index in [1.54, 1.807) is 26.0 Å². The minimum Gasteiger partial charge on any atom is -0.497 e. The van der Waals surface area contributed by atoms with Crippen molar-refractivity contribution in [2.24, 2.45) is 5.92 Å². The zero-order chi connectivity index (χ0) is 18.3. The van der Waals surface area contributed by atoms with Crippen molar-refractivity contribution in [2.75, 3.05) is 13.8 Å². The molecule has 0 aliphatic rings. The third kappa shape index (κ3) is 5.22. The second-order valence-corrected chi connectivity index (χ2v) is 5.48. The number of carbonyl (C=O) groups is 3. The number of carboxylic acids is 1. The number of nitrogens with one attached hydrogen (secondary N) is 2. The van der Waals surface area contributed by atoms with Gasteiger partial charge in [0.1, 0.15) is 18.5 Å². The predicted molar refractivity (Wildman–Crippen MR) is 84.6 cm³/mol. The van der Waals surface area contributed by atoms with E-state index in [0.29, 0.717) is 11.3 Å². The molecule has 1 rings (SSSR count). The zero-order valence-electron chi connectivity index (χ0n) is 13.7. The van der Waals surface area contributed by atoms with E-state index in [1.807, 2.05) is 0 Å². The lowest BCUT2D eigenvalue weighted by atomic mass is 10.0. The Bertz CT molecular complexity index is 589. The molecule has 0 bridgehead atoms. The van der Waals surface area contributed by atoms with Crippen LogP contribution in [0.5, 0.6) is 5.75 Å². The van der Waals surface area contributed by atoms with Crippen molar-refractivity contribution in [3.8, 4) is 5.75 Å². The van der Waals surface area contributed by atoms with Crippen LogP contribution in [0.1, 0.15) is 24.2 Å². The van der Waals surface area contributed by atoms with Gasteiger partial charge in [-0.2, -0.15) is 0 Å². The lowest BCUT2D eigenvalue weighted by Crippen LogP contribution is -2.54. The second-order valence-electron chi connectivity index (χ2n) is 5.48. The molecule has 132 valence electrons. The number of halogens is 1. The Balaban J connectivity index is 2.82. The molecule has 0 aliphatic carbocycles. The molecule has 0 saturated carbocycles. The van der Waals surface area contributed by atoms with E-state index >= 15 is 0 Å². The van der Waals surface area contributed by atoms with Gasteiger partial charge in [-0.3, -0.25) is 9.59 Å². The maximum absolute atomic E-state index is 12.6. The van der Waals surface area contributed by atoms with E-state index in [9.17, 15) is 18.8 Å². The van der Waals surface area contributed by atoms with Crippen LogP contribution in [-0.2, 0) is 9.59 Å². The SMILES string of the molecule is COc1ccc(C(=O)NC(C(=O)NC(CF)C(=O)O)C(C)C)cc1. The van der Waals surface area contributed by atoms with Gasteiger partial charge in [-0.25, -0.2) is 9.18 Å². The number of ether oxygens (including phenoxy) is 1. The van der Waals surface area contributed by atoms with Crippen molar-refractivity contribution < 1.29 is 28.6 Å². The first-order valence-electron chi connectivity index (χ1n) is 7.34. The molecule has 8 heteroatoms. The van der Waals surface area contributed by atoms with Crippen LogP contribution in [0, 0.1) is 5.92 Å². The van der Waals surface area contributed by atoms with Crippen molar-refractivity contribution in [1.82, 2.24) is 10.6 Å². The standard InChI is InChI=1S/C16H21FN2O5/c1-9(2)13(15(21)18-12(8-17)16(22)23)19-14(20)10-4-6-11(24-3)7-5-10/h4-7,9,12-13H,8H2,1-3H3,(H,18,21)(H,19,20)(H,22,23). The Labute approximate surface area is 139 Å². The molecular formula is C16H21FN2O5. The van der Waals surface area contributed by atoms with Crippen LogP contribution in [0.2, 0.25) is 0 Å². The topological polar surface area (TPSA) is 105 Å². The fourth-order valence-electron chi connectivity index (χ4n) is 1.93. The Kier molecular flexibility index (Phi) is 7.16. The van der Waals surface area contributed by atoms with Gasteiger partial charge in [0.15, 0.2) is 6.04 Å². The number of aliphatic carboxylic acids is 1. The van der Waals surface area contributed by atoms with E-state index < -0.39 is 36.5 Å². The molecule has 0 fully saturated rings. The minimum absolute atomic E-state index is 0.314. The van der Waals surface area contributed by atoms with E-state index in [-0.39, 0.29) is 5.92 Å². The molecular weight excluding hydrogens is 319 g/mol. The van der Waals surface area contributed by atoms with Crippen molar-refractivity contribution >= 4 is 17.8 Å². The number of rotatable bonds is 8. The highest BCUT2D eigenvalue weighted by molar-refractivity contribution is 5.98. The summed E-state index contributed by atoms with van der Waals surface area (Å²) in [5, 5.41) is 13.4. The van der Waals surface area contributed by atoms with Crippen LogP contribution < -0.4 is 15.4 Å². The molecule has 0 aromatic heterocycles. The highest BCUT2D eigenvalue weighted by atomic mass is 19.1. The fraction of sp³-hybridized carbons (Fsp3) is 0.438. The normalized spacial score (nSPS) is 13.0. The summed E-state index contributed by atoms with van der Waals surface area (Å²) in [5.41, 5.74) is 0.314. The van der Waals surface area contributed by atoms with Crippen molar-refractivity contribution in [1.29, 1.82) is 0 Å². The van der Waals surface area contributed by atoms with Gasteiger partial charge < -0.3 is 20.5 Å². The Hall–Kier alpha value is -2.64. The summed E-state index contributed by atoms with van der Waals surface area (Å²) >= 11 is 0. The number of amides is 2. The van der Waals surface area contributed by atoms with Gasteiger partial charge in [0, 0.05) is 5.56 Å². The van der Waals surface area contributed by atoms with Crippen LogP contribution >= 0.6 is 0 Å². The number of methoxy groups -OCH3 is 1. The van der Waals surface area contributed by atoms with E-state index in [1.165, 1.54) is 19.2 Å². The molecule has 0 aliphatic heterocycles. The molecule has 2 unspecified atom stereocenters. The number of alkyl halides is 1. The minimum atomic E-state index is -1.64. The Morgan fingerprint density at radius 3 is 2.17 bits per heavy atom. The molecule has 0 heterocycles. The molecule has 1 aromatic carbocycles. The van der Waals surface area contributed by atoms with E-state index in [2.05, 4.69) is 10.6 Å². The van der Waals surface area contributed by atoms with Crippen molar-refractivity contribution in [3.63, 3.8) is 0 Å². The van der Waals surface area contributed by atoms with Crippen molar-refractivity contribution in [2.45, 2.75) is 25.9 Å². The van der Waals surface area contributed by atoms with Crippen LogP contribution in [-0.4, -0.2) is 48.8 Å². The molecule has 0 saturated heterocycles. The van der Waals surface area contributed by atoms with E-state index in [4.69, 9.17) is 9.84 Å². The maximum Gasteiger partial charge on any atom is 0.328 e. The molecule has 2 amide bonds. The summed E-state index contributed by atoms with van der Waals surface area (Å²) < 4.78 is 17.6. The quantitative estimate of drug-likeness (QED) is 0.654. The number of benzene rings is 1. The summed E-state index contributed by atoms with van der Waals surface area (Å²) in [6.45, 7) is 2.13. The summed E-state index contributed by atoms with van der Waals surface area (Å²) in [6.07, 6.45) is 0. The highest BCUT2D eigenvalue weighted by Crippen LogP contribution is 2.12. The predicted octanol–water partition coefficient (Wildman–Crippen LogP) is 0.988. The largest absolute Gasteiger partial charge is 0.497 e. The summed E-state index contributed by atoms with van der Waals surface area (Å²) in [7, 11) is 1.50. The summed E-state index contributed by atoms with van der Waals surface area (Å²) in [6, 6.07) is 3.63. The fourth-order valence-corrected chi connectivity index (χ4v) is 1.93.